The lowest BCUT2D eigenvalue weighted by Gasteiger charge is -2.19. The summed E-state index contributed by atoms with van der Waals surface area (Å²) in [5, 5.41) is 12.3. The minimum atomic E-state index is -0.843. The largest absolute Gasteiger partial charge is 0.504 e. The fourth-order valence-electron chi connectivity index (χ4n) is 1.87. The molecule has 0 radical (unpaired) electrons. The molecule has 0 bridgehead atoms. The van der Waals surface area contributed by atoms with Crippen molar-refractivity contribution in [2.45, 2.75) is 60.5 Å². The van der Waals surface area contributed by atoms with E-state index in [1.54, 1.807) is 27.7 Å². The third-order valence-electron chi connectivity index (χ3n) is 3.21. The van der Waals surface area contributed by atoms with E-state index in [2.05, 4.69) is 10.1 Å². The Morgan fingerprint density at radius 2 is 1.73 bits per heavy atom. The smallest absolute Gasteiger partial charge is 0.413 e. The zero-order chi connectivity index (χ0) is 26.4. The first-order valence-corrected chi connectivity index (χ1v) is 10.9. The molecule has 1 amide bonds. The first kappa shape index (κ1) is 32.5. The molecule has 0 unspecified atom stereocenters. The molecule has 0 aromatic heterocycles. The molecule has 0 heterocycles. The lowest BCUT2D eigenvalue weighted by molar-refractivity contribution is -0.138. The molecule has 1 aromatic rings. The van der Waals surface area contributed by atoms with E-state index in [0.29, 0.717) is 17.0 Å². The quantitative estimate of drug-likeness (QED) is 0.138. The summed E-state index contributed by atoms with van der Waals surface area (Å²) in [6, 6.07) is 2.78. The van der Waals surface area contributed by atoms with Crippen LogP contribution < -0.4 is 16.8 Å². The van der Waals surface area contributed by atoms with E-state index in [1.807, 2.05) is 20.8 Å². The average molecular weight is 510 g/mol. The lowest BCUT2D eigenvalue weighted by atomic mass is 10.2. The number of carbonyl (C=O) groups excluding carboxylic acids is 2. The van der Waals surface area contributed by atoms with E-state index in [1.165, 1.54) is 12.1 Å². The van der Waals surface area contributed by atoms with Crippen LogP contribution in [0.4, 0.5) is 9.18 Å². The molecule has 6 N–H and O–H groups in total. The Hall–Kier alpha value is -2.65. The van der Waals surface area contributed by atoms with Crippen LogP contribution in [-0.4, -0.2) is 29.4 Å². The van der Waals surface area contributed by atoms with Crippen LogP contribution >= 0.6 is 23.2 Å². The number of carbonyl (C=O) groups is 2. The van der Waals surface area contributed by atoms with Gasteiger partial charge in [0.05, 0.1) is 11.6 Å². The highest BCUT2D eigenvalue weighted by molar-refractivity contribution is 6.36. The van der Waals surface area contributed by atoms with Gasteiger partial charge >= 0.3 is 12.1 Å². The predicted octanol–water partition coefficient (Wildman–Crippen LogP) is 5.32. The average Bonchev–Trinajstić information content (AvgIpc) is 2.72. The number of amides is 1. The van der Waals surface area contributed by atoms with Gasteiger partial charge in [-0.15, -0.1) is 0 Å². The standard InChI is InChI=1S/C12H21N3O5.C8H7Cl2F.C2H6/c1-5-19-10(17)7(13)6-8(16)9(14)15-11(18)20-12(2,3)4;1-2-5-6(9)3-4-7(11)8(5)10;1-2/h6,16H,5,13-14H2,1-4H3,(H,15,18);3-4H,2H2,1H3;1-2H3/b7-6-,9-8-;;. The fourth-order valence-corrected chi connectivity index (χ4v) is 2.51. The topological polar surface area (TPSA) is 137 Å². The highest BCUT2D eigenvalue weighted by atomic mass is 35.5. The number of ether oxygens (including phenoxy) is 2. The van der Waals surface area contributed by atoms with Crippen molar-refractivity contribution in [1.29, 1.82) is 0 Å². The number of allylic oxidation sites excluding steroid dienone is 1. The number of nitrogens with two attached hydrogens (primary N) is 2. The number of alkyl carbamates (subject to hydrolysis) is 1. The van der Waals surface area contributed by atoms with Gasteiger partial charge in [-0.2, -0.15) is 0 Å². The van der Waals surface area contributed by atoms with E-state index in [9.17, 15) is 19.1 Å². The van der Waals surface area contributed by atoms with Gasteiger partial charge in [0.1, 0.15) is 22.9 Å². The van der Waals surface area contributed by atoms with E-state index < -0.39 is 35.1 Å². The lowest BCUT2D eigenvalue weighted by Crippen LogP contribution is -2.35. The second-order valence-electron chi connectivity index (χ2n) is 6.92. The zero-order valence-electron chi connectivity index (χ0n) is 20.0. The summed E-state index contributed by atoms with van der Waals surface area (Å²) in [5.74, 6) is -2.19. The van der Waals surface area contributed by atoms with Gasteiger partial charge < -0.3 is 26.0 Å². The van der Waals surface area contributed by atoms with Crippen LogP contribution in [0.1, 0.15) is 54.0 Å². The number of aliphatic hydroxyl groups excluding tert-OH is 1. The molecule has 188 valence electrons. The van der Waals surface area contributed by atoms with Crippen molar-refractivity contribution in [2.24, 2.45) is 11.5 Å². The Bertz CT molecular complexity index is 853. The summed E-state index contributed by atoms with van der Waals surface area (Å²) in [6.45, 7) is 12.6. The molecule has 33 heavy (non-hydrogen) atoms. The number of aliphatic hydroxyl groups is 1. The molecular formula is C22H34Cl2FN3O5. The summed E-state index contributed by atoms with van der Waals surface area (Å²) < 4.78 is 22.3. The summed E-state index contributed by atoms with van der Waals surface area (Å²) in [4.78, 5) is 22.6. The summed E-state index contributed by atoms with van der Waals surface area (Å²) >= 11 is 11.4. The minimum absolute atomic E-state index is 0.139. The third kappa shape index (κ3) is 13.5. The number of esters is 1. The van der Waals surface area contributed by atoms with Crippen molar-refractivity contribution in [2.75, 3.05) is 6.61 Å². The van der Waals surface area contributed by atoms with Crippen LogP contribution in [-0.2, 0) is 20.7 Å². The second-order valence-corrected chi connectivity index (χ2v) is 7.71. The van der Waals surface area contributed by atoms with E-state index in [0.717, 1.165) is 6.08 Å². The summed E-state index contributed by atoms with van der Waals surface area (Å²) in [5.41, 5.74) is 10.4. The first-order chi connectivity index (χ1) is 15.2. The molecule has 1 aromatic carbocycles. The molecule has 11 heteroatoms. The molecule has 1 rings (SSSR count). The van der Waals surface area contributed by atoms with Gasteiger partial charge in [0, 0.05) is 11.1 Å². The highest BCUT2D eigenvalue weighted by Crippen LogP contribution is 2.27. The first-order valence-electron chi connectivity index (χ1n) is 10.2. The van der Waals surface area contributed by atoms with Crippen LogP contribution in [0.25, 0.3) is 0 Å². The van der Waals surface area contributed by atoms with Crippen molar-refractivity contribution >= 4 is 35.3 Å². The van der Waals surface area contributed by atoms with Gasteiger partial charge in [-0.3, -0.25) is 5.32 Å². The number of hydrogen-bond acceptors (Lipinski definition) is 7. The van der Waals surface area contributed by atoms with Gasteiger partial charge in [0.15, 0.2) is 5.76 Å². The van der Waals surface area contributed by atoms with E-state index in [-0.39, 0.29) is 17.3 Å². The van der Waals surface area contributed by atoms with Crippen molar-refractivity contribution < 1.29 is 28.6 Å². The maximum atomic E-state index is 12.8. The highest BCUT2D eigenvalue weighted by Gasteiger charge is 2.17. The summed E-state index contributed by atoms with van der Waals surface area (Å²) in [6.07, 6.45) is 0.685. The van der Waals surface area contributed by atoms with Gasteiger partial charge in [0.25, 0.3) is 0 Å². The number of nitrogens with one attached hydrogen (secondary N) is 1. The van der Waals surface area contributed by atoms with Gasteiger partial charge in [-0.25, -0.2) is 14.0 Å². The Kier molecular flexibility index (Phi) is 15.8. The SMILES string of the molecule is CC.CCOC(=O)/C(N)=C/C(O)=C(\N)NC(=O)OC(C)(C)C.CCc1c(Cl)ccc(F)c1Cl. The maximum absolute atomic E-state index is 12.8. The fraction of sp³-hybridized carbons (Fsp3) is 0.455. The molecule has 0 aliphatic carbocycles. The van der Waals surface area contributed by atoms with Gasteiger partial charge in [0.2, 0.25) is 0 Å². The molecule has 0 spiro atoms. The minimum Gasteiger partial charge on any atom is -0.504 e. The van der Waals surface area contributed by atoms with Gasteiger partial charge in [-0.1, -0.05) is 44.0 Å². The summed E-state index contributed by atoms with van der Waals surface area (Å²) in [7, 11) is 0. The van der Waals surface area contributed by atoms with Crippen molar-refractivity contribution in [3.63, 3.8) is 0 Å². The number of benzene rings is 1. The maximum Gasteiger partial charge on any atom is 0.413 e. The van der Waals surface area contributed by atoms with E-state index in [4.69, 9.17) is 39.4 Å². The molecule has 0 atom stereocenters. The number of rotatable bonds is 5. The van der Waals surface area contributed by atoms with Crippen LogP contribution in [0.2, 0.25) is 10.0 Å². The number of hydrogen-bond donors (Lipinski definition) is 4. The van der Waals surface area contributed by atoms with Crippen molar-refractivity contribution in [1.82, 2.24) is 5.32 Å². The Morgan fingerprint density at radius 1 is 1.18 bits per heavy atom. The zero-order valence-corrected chi connectivity index (χ0v) is 21.5. The Morgan fingerprint density at radius 3 is 2.15 bits per heavy atom. The monoisotopic (exact) mass is 509 g/mol. The molecular weight excluding hydrogens is 476 g/mol. The van der Waals surface area contributed by atoms with Crippen LogP contribution in [0.5, 0.6) is 0 Å². The molecule has 0 aliphatic rings. The third-order valence-corrected chi connectivity index (χ3v) is 3.97. The second kappa shape index (κ2) is 16.0. The molecule has 8 nitrogen and oxygen atoms in total. The molecule has 0 saturated carbocycles. The normalized spacial score (nSPS) is 11.6. The Labute approximate surface area is 204 Å². The Balaban J connectivity index is 0. The van der Waals surface area contributed by atoms with Crippen molar-refractivity contribution in [3.8, 4) is 0 Å². The van der Waals surface area contributed by atoms with Gasteiger partial charge in [-0.05, 0) is 51.8 Å². The van der Waals surface area contributed by atoms with Crippen molar-refractivity contribution in [3.05, 3.63) is 56.9 Å². The molecule has 0 fully saturated rings. The molecule has 0 saturated heterocycles. The molecule has 0 aliphatic heterocycles. The van der Waals surface area contributed by atoms with Crippen LogP contribution in [0.3, 0.4) is 0 Å². The predicted molar refractivity (Wildman–Crippen MR) is 129 cm³/mol. The van der Waals surface area contributed by atoms with E-state index >= 15 is 0 Å². The van der Waals surface area contributed by atoms with Crippen LogP contribution in [0, 0.1) is 5.82 Å². The number of halogens is 3. The van der Waals surface area contributed by atoms with Crippen LogP contribution in [0.15, 0.2) is 35.5 Å².